The summed E-state index contributed by atoms with van der Waals surface area (Å²) in [6.07, 6.45) is 0. The molecule has 0 fully saturated rings. The normalized spacial score (nSPS) is 11.6. The van der Waals surface area contributed by atoms with Crippen LogP contribution >= 0.6 is 0 Å². The molecule has 0 N–H and O–H groups in total. The lowest BCUT2D eigenvalue weighted by Crippen LogP contribution is -2.00. The van der Waals surface area contributed by atoms with Crippen LogP contribution in [-0.4, -0.2) is 15.0 Å². The van der Waals surface area contributed by atoms with Crippen molar-refractivity contribution in [1.82, 2.24) is 15.0 Å². The number of furan rings is 1. The van der Waals surface area contributed by atoms with Gasteiger partial charge in [0.1, 0.15) is 11.2 Å². The first kappa shape index (κ1) is 25.4. The van der Waals surface area contributed by atoms with Crippen LogP contribution in [0.1, 0.15) is 0 Å². The molecule has 4 nitrogen and oxygen atoms in total. The number of rotatable bonds is 4. The van der Waals surface area contributed by atoms with Crippen LogP contribution < -0.4 is 0 Å². The third kappa shape index (κ3) is 4.27. The molecule has 45 heavy (non-hydrogen) atoms. The molecule has 0 saturated carbocycles. The lowest BCUT2D eigenvalue weighted by molar-refractivity contribution is 0.669. The maximum absolute atomic E-state index is 6.49. The maximum Gasteiger partial charge on any atom is 0.164 e. The topological polar surface area (TPSA) is 51.8 Å². The molecule has 0 saturated heterocycles. The van der Waals surface area contributed by atoms with E-state index >= 15 is 0 Å². The van der Waals surface area contributed by atoms with Gasteiger partial charge in [-0.05, 0) is 50.9 Å². The Morgan fingerprint density at radius 1 is 0.356 bits per heavy atom. The van der Waals surface area contributed by atoms with Crippen LogP contribution in [0.25, 0.3) is 88.8 Å². The van der Waals surface area contributed by atoms with E-state index in [0.29, 0.717) is 17.5 Å². The average Bonchev–Trinajstić information content (AvgIpc) is 3.51. The zero-order valence-corrected chi connectivity index (χ0v) is 24.2. The molecule has 4 heteroatoms. The molecular weight excluding hydrogens is 550 g/mol. The van der Waals surface area contributed by atoms with Gasteiger partial charge in [0.2, 0.25) is 0 Å². The Morgan fingerprint density at radius 3 is 1.58 bits per heavy atom. The second-order valence-corrected chi connectivity index (χ2v) is 11.2. The Balaban J connectivity index is 1.32. The van der Waals surface area contributed by atoms with Gasteiger partial charge in [0, 0.05) is 27.5 Å². The summed E-state index contributed by atoms with van der Waals surface area (Å²) in [6.45, 7) is 0. The third-order valence-corrected chi connectivity index (χ3v) is 8.52. The van der Waals surface area contributed by atoms with E-state index in [1.165, 1.54) is 21.5 Å². The highest BCUT2D eigenvalue weighted by atomic mass is 16.3. The molecule has 7 aromatic carbocycles. The molecule has 2 heterocycles. The van der Waals surface area contributed by atoms with Crippen molar-refractivity contribution in [3.8, 4) is 45.3 Å². The number of benzene rings is 7. The van der Waals surface area contributed by atoms with Gasteiger partial charge in [-0.1, -0.05) is 133 Å². The molecule has 0 aliphatic heterocycles. The zero-order valence-electron chi connectivity index (χ0n) is 24.2. The van der Waals surface area contributed by atoms with Crippen molar-refractivity contribution < 1.29 is 4.42 Å². The highest BCUT2D eigenvalue weighted by Gasteiger charge is 2.20. The number of hydrogen-bond donors (Lipinski definition) is 0. The Labute approximate surface area is 259 Å². The summed E-state index contributed by atoms with van der Waals surface area (Å²) in [5, 5.41) is 6.96. The van der Waals surface area contributed by atoms with E-state index in [4.69, 9.17) is 19.4 Å². The first-order valence-electron chi connectivity index (χ1n) is 15.0. The van der Waals surface area contributed by atoms with Gasteiger partial charge in [0.25, 0.3) is 0 Å². The van der Waals surface area contributed by atoms with Crippen LogP contribution in [0.15, 0.2) is 156 Å². The van der Waals surface area contributed by atoms with E-state index in [1.54, 1.807) is 0 Å². The predicted molar refractivity (Wildman–Crippen MR) is 184 cm³/mol. The minimum Gasteiger partial charge on any atom is -0.456 e. The van der Waals surface area contributed by atoms with Crippen LogP contribution in [0.4, 0.5) is 0 Å². The van der Waals surface area contributed by atoms with Crippen LogP contribution in [0.3, 0.4) is 0 Å². The Morgan fingerprint density at radius 2 is 0.889 bits per heavy atom. The minimum absolute atomic E-state index is 0.607. The first-order chi connectivity index (χ1) is 22.3. The Hall–Kier alpha value is -6.13. The first-order valence-corrected chi connectivity index (χ1v) is 15.0. The van der Waals surface area contributed by atoms with Crippen LogP contribution in [0, 0.1) is 0 Å². The molecule has 0 radical (unpaired) electrons. The largest absolute Gasteiger partial charge is 0.456 e. The van der Waals surface area contributed by atoms with Gasteiger partial charge in [0.05, 0.1) is 0 Å². The summed E-state index contributed by atoms with van der Waals surface area (Å²) in [5.74, 6) is 1.87. The summed E-state index contributed by atoms with van der Waals surface area (Å²) in [7, 11) is 0. The molecule has 0 amide bonds. The van der Waals surface area contributed by atoms with E-state index in [0.717, 1.165) is 49.8 Å². The lowest BCUT2D eigenvalue weighted by Gasteiger charge is -2.11. The number of fused-ring (bicyclic) bond motifs is 6. The Kier molecular flexibility index (Phi) is 5.78. The molecule has 0 spiro atoms. The van der Waals surface area contributed by atoms with Crippen molar-refractivity contribution in [3.63, 3.8) is 0 Å². The summed E-state index contributed by atoms with van der Waals surface area (Å²) in [4.78, 5) is 15.0. The second kappa shape index (κ2) is 10.2. The van der Waals surface area contributed by atoms with Crippen molar-refractivity contribution >= 4 is 43.5 Å². The molecule has 2 aromatic heterocycles. The van der Waals surface area contributed by atoms with Crippen molar-refractivity contribution in [1.29, 1.82) is 0 Å². The number of hydrogen-bond acceptors (Lipinski definition) is 4. The standard InChI is InChI=1S/C41H25N3O/c1-3-12-28(13-4-1)39-42-40(29-14-5-2-6-15-29)44-41(43-39)33-18-10-20-36-38(33)37-32(17-9-19-35(37)45-36)30-24-23-27-22-21-26-11-7-8-16-31(26)34(27)25-30/h1-25H. The van der Waals surface area contributed by atoms with E-state index in [-0.39, 0.29) is 0 Å². The predicted octanol–water partition coefficient (Wildman–Crippen LogP) is 10.7. The summed E-state index contributed by atoms with van der Waals surface area (Å²) < 4.78 is 6.49. The lowest BCUT2D eigenvalue weighted by atomic mass is 9.94. The second-order valence-electron chi connectivity index (χ2n) is 11.2. The van der Waals surface area contributed by atoms with Crippen molar-refractivity contribution in [3.05, 3.63) is 152 Å². The third-order valence-electron chi connectivity index (χ3n) is 8.52. The quantitative estimate of drug-likeness (QED) is 0.196. The summed E-state index contributed by atoms with van der Waals surface area (Å²) in [5.41, 5.74) is 6.64. The van der Waals surface area contributed by atoms with Gasteiger partial charge < -0.3 is 4.42 Å². The maximum atomic E-state index is 6.49. The molecule has 0 unspecified atom stereocenters. The summed E-state index contributed by atoms with van der Waals surface area (Å²) >= 11 is 0. The van der Waals surface area contributed by atoms with Gasteiger partial charge >= 0.3 is 0 Å². The smallest absolute Gasteiger partial charge is 0.164 e. The SMILES string of the molecule is c1ccc(-c2nc(-c3ccccc3)nc(-c3cccc4oc5cccc(-c6ccc7ccc8ccccc8c7c6)c5c34)n2)cc1. The van der Waals surface area contributed by atoms with Crippen LogP contribution in [0.2, 0.25) is 0 Å². The summed E-state index contributed by atoms with van der Waals surface area (Å²) in [6, 6.07) is 52.2. The number of aromatic nitrogens is 3. The molecule has 0 bridgehead atoms. The number of nitrogens with zero attached hydrogens (tertiary/aromatic N) is 3. The molecular formula is C41H25N3O. The van der Waals surface area contributed by atoms with Crippen molar-refractivity contribution in [2.75, 3.05) is 0 Å². The van der Waals surface area contributed by atoms with E-state index in [9.17, 15) is 0 Å². The fourth-order valence-corrected chi connectivity index (χ4v) is 6.39. The van der Waals surface area contributed by atoms with E-state index in [1.807, 2.05) is 78.9 Å². The molecule has 0 aliphatic rings. The molecule has 9 rings (SSSR count). The molecule has 210 valence electrons. The fourth-order valence-electron chi connectivity index (χ4n) is 6.39. The average molecular weight is 576 g/mol. The van der Waals surface area contributed by atoms with E-state index in [2.05, 4.69) is 72.8 Å². The Bertz CT molecular complexity index is 2480. The van der Waals surface area contributed by atoms with Gasteiger partial charge in [0.15, 0.2) is 17.5 Å². The van der Waals surface area contributed by atoms with Crippen molar-refractivity contribution in [2.45, 2.75) is 0 Å². The zero-order chi connectivity index (χ0) is 29.7. The van der Waals surface area contributed by atoms with Crippen LogP contribution in [-0.2, 0) is 0 Å². The monoisotopic (exact) mass is 575 g/mol. The van der Waals surface area contributed by atoms with Crippen LogP contribution in [0.5, 0.6) is 0 Å². The molecule has 0 atom stereocenters. The van der Waals surface area contributed by atoms with Gasteiger partial charge in [-0.25, -0.2) is 15.0 Å². The molecule has 9 aromatic rings. The highest BCUT2D eigenvalue weighted by molar-refractivity contribution is 6.18. The van der Waals surface area contributed by atoms with Crippen molar-refractivity contribution in [2.24, 2.45) is 0 Å². The fraction of sp³-hybridized carbons (Fsp3) is 0. The van der Waals surface area contributed by atoms with Gasteiger partial charge in [-0.3, -0.25) is 0 Å². The van der Waals surface area contributed by atoms with E-state index < -0.39 is 0 Å². The highest BCUT2D eigenvalue weighted by Crippen LogP contribution is 2.42. The van der Waals surface area contributed by atoms with Gasteiger partial charge in [-0.15, -0.1) is 0 Å². The van der Waals surface area contributed by atoms with Gasteiger partial charge in [-0.2, -0.15) is 0 Å². The molecule has 0 aliphatic carbocycles. The minimum atomic E-state index is 0.607.